The Kier molecular flexibility index (Phi) is 4.43. The van der Waals surface area contributed by atoms with E-state index >= 15 is 0 Å². The molecule has 1 aromatic carbocycles. The molecule has 0 radical (unpaired) electrons. The van der Waals surface area contributed by atoms with Crippen molar-refractivity contribution in [2.24, 2.45) is 0 Å². The summed E-state index contributed by atoms with van der Waals surface area (Å²) < 4.78 is 0. The SMILES string of the molecule is CC[C@@H]1NC(=O)[C@H]2CN(CCc3ccccc3)CCN2C1=O. The third kappa shape index (κ3) is 2.99. The molecule has 2 atom stereocenters. The molecule has 2 heterocycles. The minimum absolute atomic E-state index is 0.00383. The van der Waals surface area contributed by atoms with E-state index in [1.54, 1.807) is 4.90 Å². The highest BCUT2D eigenvalue weighted by Crippen LogP contribution is 2.17. The molecule has 0 unspecified atom stereocenters. The summed E-state index contributed by atoms with van der Waals surface area (Å²) in [6, 6.07) is 9.71. The lowest BCUT2D eigenvalue weighted by atomic mass is 10.0. The zero-order valence-corrected chi connectivity index (χ0v) is 13.0. The fraction of sp³-hybridized carbons (Fsp3) is 0.529. The molecule has 3 rings (SSSR count). The Morgan fingerprint density at radius 2 is 1.95 bits per heavy atom. The topological polar surface area (TPSA) is 52.7 Å². The van der Waals surface area contributed by atoms with Crippen LogP contribution in [0.4, 0.5) is 0 Å². The van der Waals surface area contributed by atoms with Gasteiger partial charge in [-0.25, -0.2) is 0 Å². The first kappa shape index (κ1) is 15.0. The fourth-order valence-electron chi connectivity index (χ4n) is 3.27. The summed E-state index contributed by atoms with van der Waals surface area (Å²) >= 11 is 0. The van der Waals surface area contributed by atoms with Crippen LogP contribution in [0.5, 0.6) is 0 Å². The van der Waals surface area contributed by atoms with Crippen molar-refractivity contribution in [1.82, 2.24) is 15.1 Å². The molecular formula is C17H23N3O2. The van der Waals surface area contributed by atoms with Crippen LogP contribution in [0.3, 0.4) is 0 Å². The minimum atomic E-state index is -0.334. The van der Waals surface area contributed by atoms with Gasteiger partial charge in [-0.3, -0.25) is 14.5 Å². The summed E-state index contributed by atoms with van der Waals surface area (Å²) in [6.07, 6.45) is 1.63. The molecular weight excluding hydrogens is 278 g/mol. The molecule has 2 saturated heterocycles. The molecule has 5 nitrogen and oxygen atoms in total. The number of hydrogen-bond donors (Lipinski definition) is 1. The lowest BCUT2D eigenvalue weighted by Crippen LogP contribution is -2.69. The summed E-state index contributed by atoms with van der Waals surface area (Å²) in [5.74, 6) is 0.0747. The number of benzene rings is 1. The number of nitrogens with one attached hydrogen (secondary N) is 1. The second kappa shape index (κ2) is 6.48. The monoisotopic (exact) mass is 301 g/mol. The van der Waals surface area contributed by atoms with Crippen LogP contribution < -0.4 is 5.32 Å². The molecule has 2 aliphatic rings. The number of piperazine rings is 2. The van der Waals surface area contributed by atoms with Gasteiger partial charge in [-0.05, 0) is 18.4 Å². The Morgan fingerprint density at radius 3 is 2.68 bits per heavy atom. The van der Waals surface area contributed by atoms with E-state index < -0.39 is 0 Å². The highest BCUT2D eigenvalue weighted by atomic mass is 16.2. The van der Waals surface area contributed by atoms with E-state index in [-0.39, 0.29) is 23.9 Å². The normalized spacial score (nSPS) is 25.8. The smallest absolute Gasteiger partial charge is 0.245 e. The molecule has 118 valence electrons. The van der Waals surface area contributed by atoms with E-state index in [0.29, 0.717) is 19.5 Å². The molecule has 2 aliphatic heterocycles. The van der Waals surface area contributed by atoms with Crippen molar-refractivity contribution in [3.05, 3.63) is 35.9 Å². The van der Waals surface area contributed by atoms with Crippen molar-refractivity contribution < 1.29 is 9.59 Å². The van der Waals surface area contributed by atoms with Gasteiger partial charge in [0.2, 0.25) is 11.8 Å². The number of hydrogen-bond acceptors (Lipinski definition) is 3. The number of amides is 2. The van der Waals surface area contributed by atoms with Gasteiger partial charge in [0.15, 0.2) is 0 Å². The van der Waals surface area contributed by atoms with Crippen LogP contribution in [-0.4, -0.2) is 59.9 Å². The van der Waals surface area contributed by atoms with E-state index in [1.807, 2.05) is 25.1 Å². The largest absolute Gasteiger partial charge is 0.342 e. The molecule has 0 aromatic heterocycles. The highest BCUT2D eigenvalue weighted by molar-refractivity contribution is 5.97. The Bertz CT molecular complexity index is 546. The molecule has 1 N–H and O–H groups in total. The Balaban J connectivity index is 1.59. The predicted molar refractivity (Wildman–Crippen MR) is 84.3 cm³/mol. The van der Waals surface area contributed by atoms with Crippen LogP contribution in [0.25, 0.3) is 0 Å². The van der Waals surface area contributed by atoms with E-state index in [0.717, 1.165) is 19.5 Å². The van der Waals surface area contributed by atoms with Crippen molar-refractivity contribution in [2.75, 3.05) is 26.2 Å². The summed E-state index contributed by atoms with van der Waals surface area (Å²) in [6.45, 7) is 4.99. The maximum atomic E-state index is 12.3. The summed E-state index contributed by atoms with van der Waals surface area (Å²) in [7, 11) is 0. The van der Waals surface area contributed by atoms with Crippen molar-refractivity contribution in [1.29, 1.82) is 0 Å². The van der Waals surface area contributed by atoms with E-state index in [2.05, 4.69) is 22.3 Å². The van der Waals surface area contributed by atoms with E-state index in [4.69, 9.17) is 0 Å². The highest BCUT2D eigenvalue weighted by Gasteiger charge is 2.42. The maximum absolute atomic E-state index is 12.3. The minimum Gasteiger partial charge on any atom is -0.342 e. The number of rotatable bonds is 4. The lowest BCUT2D eigenvalue weighted by molar-refractivity contribution is -0.153. The average Bonchev–Trinajstić information content (AvgIpc) is 2.57. The first-order chi connectivity index (χ1) is 10.7. The van der Waals surface area contributed by atoms with Crippen molar-refractivity contribution >= 4 is 11.8 Å². The quantitative estimate of drug-likeness (QED) is 0.888. The molecule has 22 heavy (non-hydrogen) atoms. The van der Waals surface area contributed by atoms with Gasteiger partial charge >= 0.3 is 0 Å². The van der Waals surface area contributed by atoms with Crippen LogP contribution in [0.15, 0.2) is 30.3 Å². The molecule has 1 aromatic rings. The molecule has 0 spiro atoms. The van der Waals surface area contributed by atoms with Crippen LogP contribution in [0, 0.1) is 0 Å². The zero-order valence-electron chi connectivity index (χ0n) is 13.0. The van der Waals surface area contributed by atoms with Gasteiger partial charge in [0.25, 0.3) is 0 Å². The average molecular weight is 301 g/mol. The zero-order chi connectivity index (χ0) is 15.5. The number of fused-ring (bicyclic) bond motifs is 1. The van der Waals surface area contributed by atoms with Crippen LogP contribution >= 0.6 is 0 Å². The van der Waals surface area contributed by atoms with Gasteiger partial charge in [0.1, 0.15) is 12.1 Å². The number of carbonyl (C=O) groups is 2. The van der Waals surface area contributed by atoms with Gasteiger partial charge < -0.3 is 10.2 Å². The standard InChI is InChI=1S/C17H23N3O2/c1-2-14-17(22)20-11-10-19(12-15(20)16(21)18-14)9-8-13-6-4-3-5-7-13/h3-7,14-15H,2,8-12H2,1H3,(H,18,21)/t14-,15+/m0/s1. The second-order valence-corrected chi connectivity index (χ2v) is 6.05. The Hall–Kier alpha value is -1.88. The van der Waals surface area contributed by atoms with Crippen molar-refractivity contribution in [3.8, 4) is 0 Å². The third-order valence-electron chi connectivity index (χ3n) is 4.63. The van der Waals surface area contributed by atoms with Crippen molar-refractivity contribution in [2.45, 2.75) is 31.8 Å². The van der Waals surface area contributed by atoms with Gasteiger partial charge in [-0.2, -0.15) is 0 Å². The summed E-state index contributed by atoms with van der Waals surface area (Å²) in [5, 5.41) is 2.85. The fourth-order valence-corrected chi connectivity index (χ4v) is 3.27. The molecule has 0 bridgehead atoms. The van der Waals surface area contributed by atoms with Crippen molar-refractivity contribution in [3.63, 3.8) is 0 Å². The Labute approximate surface area is 131 Å². The van der Waals surface area contributed by atoms with Crippen LogP contribution in [-0.2, 0) is 16.0 Å². The molecule has 0 aliphatic carbocycles. The van der Waals surface area contributed by atoms with Crippen LogP contribution in [0.1, 0.15) is 18.9 Å². The first-order valence-corrected chi connectivity index (χ1v) is 8.06. The molecule has 2 amide bonds. The third-order valence-corrected chi connectivity index (χ3v) is 4.63. The Morgan fingerprint density at radius 1 is 1.18 bits per heavy atom. The maximum Gasteiger partial charge on any atom is 0.245 e. The van der Waals surface area contributed by atoms with Gasteiger partial charge in [-0.15, -0.1) is 0 Å². The molecule has 2 fully saturated rings. The molecule has 0 saturated carbocycles. The van der Waals surface area contributed by atoms with Crippen LogP contribution in [0.2, 0.25) is 0 Å². The van der Waals surface area contributed by atoms with Gasteiger partial charge in [0.05, 0.1) is 0 Å². The van der Waals surface area contributed by atoms with E-state index in [9.17, 15) is 9.59 Å². The first-order valence-electron chi connectivity index (χ1n) is 8.06. The predicted octanol–water partition coefficient (Wildman–Crippen LogP) is 0.650. The lowest BCUT2D eigenvalue weighted by Gasteiger charge is -2.45. The van der Waals surface area contributed by atoms with E-state index in [1.165, 1.54) is 5.56 Å². The van der Waals surface area contributed by atoms with Gasteiger partial charge in [-0.1, -0.05) is 37.3 Å². The summed E-state index contributed by atoms with van der Waals surface area (Å²) in [4.78, 5) is 28.6. The number of nitrogens with zero attached hydrogens (tertiary/aromatic N) is 2. The second-order valence-electron chi connectivity index (χ2n) is 6.05. The molecule has 5 heteroatoms. The summed E-state index contributed by atoms with van der Waals surface area (Å²) in [5.41, 5.74) is 1.31. The van der Waals surface area contributed by atoms with Gasteiger partial charge in [0, 0.05) is 26.2 Å². The number of carbonyl (C=O) groups excluding carboxylic acids is 2.